The lowest BCUT2D eigenvalue weighted by Gasteiger charge is -2.07. The van der Waals surface area contributed by atoms with E-state index < -0.39 is 11.9 Å². The van der Waals surface area contributed by atoms with E-state index in [1.807, 2.05) is 0 Å². The molecule has 21 heavy (non-hydrogen) atoms. The van der Waals surface area contributed by atoms with Gasteiger partial charge >= 0.3 is 11.9 Å². The zero-order valence-electron chi connectivity index (χ0n) is 12.2. The Labute approximate surface area is 123 Å². The first-order valence-electron chi connectivity index (χ1n) is 6.32. The van der Waals surface area contributed by atoms with E-state index in [0.717, 1.165) is 0 Å². The second-order valence-corrected chi connectivity index (χ2v) is 3.85. The molecule has 112 valence electrons. The minimum Gasteiger partial charge on any atom is -0.496 e. The molecule has 1 rings (SSSR count). The Morgan fingerprint density at radius 1 is 1.24 bits per heavy atom. The van der Waals surface area contributed by atoms with Gasteiger partial charge in [-0.2, -0.15) is 0 Å². The molecule has 0 atom stereocenters. The number of nitrogens with zero attached hydrogens (tertiary/aromatic N) is 1. The molecule has 0 bridgehead atoms. The van der Waals surface area contributed by atoms with Crippen LogP contribution in [-0.4, -0.2) is 31.4 Å². The van der Waals surface area contributed by atoms with E-state index in [1.165, 1.54) is 26.2 Å². The molecule has 0 aliphatic rings. The first-order valence-corrected chi connectivity index (χ1v) is 6.32. The first kappa shape index (κ1) is 16.4. The maximum atomic E-state index is 11.4. The standard InChI is InChI=1S/C15H17NO5/c1-4-20-15(18)10-9-13(16-21-11(2)17)12-7-5-6-8-14(12)19-3/h5-10H,4H2,1-3H3. The third kappa shape index (κ3) is 5.48. The third-order valence-electron chi connectivity index (χ3n) is 2.32. The monoisotopic (exact) mass is 291 g/mol. The number of para-hydroxylation sites is 1. The van der Waals surface area contributed by atoms with Gasteiger partial charge in [0.05, 0.1) is 13.7 Å². The molecule has 0 N–H and O–H groups in total. The van der Waals surface area contributed by atoms with Crippen molar-refractivity contribution in [2.75, 3.05) is 13.7 Å². The summed E-state index contributed by atoms with van der Waals surface area (Å²) < 4.78 is 10.0. The van der Waals surface area contributed by atoms with Crippen molar-refractivity contribution in [3.05, 3.63) is 42.0 Å². The van der Waals surface area contributed by atoms with E-state index in [0.29, 0.717) is 11.3 Å². The summed E-state index contributed by atoms with van der Waals surface area (Å²) in [7, 11) is 1.51. The highest BCUT2D eigenvalue weighted by Crippen LogP contribution is 2.19. The van der Waals surface area contributed by atoms with Crippen LogP contribution in [0, 0.1) is 0 Å². The summed E-state index contributed by atoms with van der Waals surface area (Å²) >= 11 is 0. The summed E-state index contributed by atoms with van der Waals surface area (Å²) in [6, 6.07) is 7.04. The highest BCUT2D eigenvalue weighted by Gasteiger charge is 2.09. The minimum atomic E-state index is -0.563. The van der Waals surface area contributed by atoms with Crippen molar-refractivity contribution in [1.82, 2.24) is 0 Å². The number of hydrogen-bond acceptors (Lipinski definition) is 6. The van der Waals surface area contributed by atoms with E-state index in [1.54, 1.807) is 31.2 Å². The number of benzene rings is 1. The zero-order valence-corrected chi connectivity index (χ0v) is 12.2. The predicted molar refractivity (Wildman–Crippen MR) is 77.1 cm³/mol. The van der Waals surface area contributed by atoms with Crippen molar-refractivity contribution in [1.29, 1.82) is 0 Å². The van der Waals surface area contributed by atoms with Crippen LogP contribution in [0.5, 0.6) is 5.75 Å². The summed E-state index contributed by atoms with van der Waals surface area (Å²) in [6.45, 7) is 3.21. The molecule has 1 aromatic rings. The molecule has 0 heterocycles. The molecule has 0 aliphatic carbocycles. The van der Waals surface area contributed by atoms with Crippen LogP contribution in [0.2, 0.25) is 0 Å². The Hall–Kier alpha value is -2.63. The Balaban J connectivity index is 3.10. The second-order valence-electron chi connectivity index (χ2n) is 3.85. The molecule has 0 aliphatic heterocycles. The highest BCUT2D eigenvalue weighted by atomic mass is 16.7. The Morgan fingerprint density at radius 2 is 1.95 bits per heavy atom. The fourth-order valence-corrected chi connectivity index (χ4v) is 1.48. The Morgan fingerprint density at radius 3 is 2.57 bits per heavy atom. The number of rotatable bonds is 6. The number of hydrogen-bond donors (Lipinski definition) is 0. The number of methoxy groups -OCH3 is 1. The number of oxime groups is 1. The Bertz CT molecular complexity index is 563. The fourth-order valence-electron chi connectivity index (χ4n) is 1.48. The maximum Gasteiger partial charge on any atom is 0.332 e. The molecular weight excluding hydrogens is 274 g/mol. The van der Waals surface area contributed by atoms with E-state index in [4.69, 9.17) is 9.47 Å². The predicted octanol–water partition coefficient (Wildman–Crippen LogP) is 2.08. The number of carbonyl (C=O) groups is 2. The molecular formula is C15H17NO5. The van der Waals surface area contributed by atoms with E-state index in [2.05, 4.69) is 9.99 Å². The quantitative estimate of drug-likeness (QED) is 0.264. The lowest BCUT2D eigenvalue weighted by molar-refractivity contribution is -0.141. The first-order chi connectivity index (χ1) is 10.1. The second kappa shape index (κ2) is 8.52. The average molecular weight is 291 g/mol. The third-order valence-corrected chi connectivity index (χ3v) is 2.32. The summed E-state index contributed by atoms with van der Waals surface area (Å²) in [5.74, 6) is -0.535. The molecule has 6 heteroatoms. The lowest BCUT2D eigenvalue weighted by Crippen LogP contribution is -2.05. The number of allylic oxidation sites excluding steroid dienone is 1. The number of esters is 1. The molecule has 0 spiro atoms. The van der Waals surface area contributed by atoms with Crippen molar-refractivity contribution < 1.29 is 23.9 Å². The zero-order chi connectivity index (χ0) is 15.7. The Kier molecular flexibility index (Phi) is 6.67. The SMILES string of the molecule is CCOC(=O)C=CC(=NOC(C)=O)c1ccccc1OC. The topological polar surface area (TPSA) is 74.2 Å². The minimum absolute atomic E-state index is 0.272. The van der Waals surface area contributed by atoms with Crippen LogP contribution in [-0.2, 0) is 19.2 Å². The highest BCUT2D eigenvalue weighted by molar-refractivity contribution is 6.12. The summed E-state index contributed by atoms with van der Waals surface area (Å²) in [4.78, 5) is 26.9. The van der Waals surface area contributed by atoms with Gasteiger partial charge in [-0.05, 0) is 25.1 Å². The lowest BCUT2D eigenvalue weighted by atomic mass is 10.1. The molecule has 0 unspecified atom stereocenters. The van der Waals surface area contributed by atoms with Crippen LogP contribution >= 0.6 is 0 Å². The van der Waals surface area contributed by atoms with Crippen molar-refractivity contribution in [3.63, 3.8) is 0 Å². The van der Waals surface area contributed by atoms with E-state index in [9.17, 15) is 9.59 Å². The van der Waals surface area contributed by atoms with Gasteiger partial charge in [0.2, 0.25) is 0 Å². The molecule has 0 aromatic heterocycles. The maximum absolute atomic E-state index is 11.4. The molecule has 0 fully saturated rings. The van der Waals surface area contributed by atoms with Gasteiger partial charge in [0.15, 0.2) is 0 Å². The van der Waals surface area contributed by atoms with Gasteiger partial charge in [-0.15, -0.1) is 0 Å². The van der Waals surface area contributed by atoms with Crippen molar-refractivity contribution in [2.45, 2.75) is 13.8 Å². The van der Waals surface area contributed by atoms with Crippen LogP contribution in [0.4, 0.5) is 0 Å². The normalized spacial score (nSPS) is 11.3. The molecule has 6 nitrogen and oxygen atoms in total. The van der Waals surface area contributed by atoms with Gasteiger partial charge in [0.1, 0.15) is 11.5 Å². The summed E-state index contributed by atoms with van der Waals surface area (Å²) in [5, 5.41) is 3.73. The number of carbonyl (C=O) groups excluding carboxylic acids is 2. The largest absolute Gasteiger partial charge is 0.496 e. The molecule has 0 saturated carbocycles. The van der Waals surface area contributed by atoms with Gasteiger partial charge in [-0.1, -0.05) is 17.3 Å². The van der Waals surface area contributed by atoms with E-state index >= 15 is 0 Å². The van der Waals surface area contributed by atoms with Crippen molar-refractivity contribution in [2.24, 2.45) is 5.16 Å². The molecule has 1 aromatic carbocycles. The van der Waals surface area contributed by atoms with Gasteiger partial charge in [-0.25, -0.2) is 9.59 Å². The van der Waals surface area contributed by atoms with Gasteiger partial charge < -0.3 is 14.3 Å². The van der Waals surface area contributed by atoms with Crippen LogP contribution in [0.25, 0.3) is 0 Å². The van der Waals surface area contributed by atoms with Crippen molar-refractivity contribution in [3.8, 4) is 5.75 Å². The van der Waals surface area contributed by atoms with Gasteiger partial charge in [0, 0.05) is 18.6 Å². The molecule has 0 saturated heterocycles. The summed E-state index contributed by atoms with van der Waals surface area (Å²) in [5.41, 5.74) is 0.859. The average Bonchev–Trinajstić information content (AvgIpc) is 2.47. The fraction of sp³-hybridized carbons (Fsp3) is 0.267. The number of ether oxygens (including phenoxy) is 2. The van der Waals surface area contributed by atoms with Crippen LogP contribution in [0.1, 0.15) is 19.4 Å². The molecule has 0 amide bonds. The van der Waals surface area contributed by atoms with Crippen molar-refractivity contribution >= 4 is 17.7 Å². The van der Waals surface area contributed by atoms with Gasteiger partial charge in [0.25, 0.3) is 0 Å². The van der Waals surface area contributed by atoms with E-state index in [-0.39, 0.29) is 12.3 Å². The smallest absolute Gasteiger partial charge is 0.332 e. The van der Waals surface area contributed by atoms with Crippen LogP contribution in [0.15, 0.2) is 41.6 Å². The van der Waals surface area contributed by atoms with Gasteiger partial charge in [-0.3, -0.25) is 0 Å². The molecule has 0 radical (unpaired) electrons. The van der Waals surface area contributed by atoms with Crippen LogP contribution < -0.4 is 4.74 Å². The summed E-state index contributed by atoms with van der Waals surface area (Å²) in [6.07, 6.45) is 2.61. The van der Waals surface area contributed by atoms with Crippen LogP contribution in [0.3, 0.4) is 0 Å².